The summed E-state index contributed by atoms with van der Waals surface area (Å²) >= 11 is 0. The molecule has 0 bridgehead atoms. The average molecular weight is 232 g/mol. The maximum absolute atomic E-state index is 5.92. The van der Waals surface area contributed by atoms with E-state index in [4.69, 9.17) is 10.7 Å². The molecule has 2 heterocycles. The van der Waals surface area contributed by atoms with Gasteiger partial charge in [-0.2, -0.15) is 0 Å². The van der Waals surface area contributed by atoms with E-state index in [1.54, 1.807) is 0 Å². The third kappa shape index (κ3) is 1.82. The number of aromatic nitrogens is 3. The molecule has 92 valence electrons. The highest BCUT2D eigenvalue weighted by Gasteiger charge is 2.29. The van der Waals surface area contributed by atoms with Crippen LogP contribution in [0.5, 0.6) is 0 Å². The van der Waals surface area contributed by atoms with Gasteiger partial charge < -0.3 is 10.3 Å². The molecule has 0 saturated heterocycles. The fourth-order valence-corrected chi connectivity index (χ4v) is 2.11. The van der Waals surface area contributed by atoms with Crippen LogP contribution in [0.3, 0.4) is 0 Å². The number of hydrogen-bond acceptors (Lipinski definition) is 3. The molecule has 2 N–H and O–H groups in total. The van der Waals surface area contributed by atoms with Gasteiger partial charge in [0.15, 0.2) is 5.65 Å². The van der Waals surface area contributed by atoms with Crippen molar-refractivity contribution in [1.82, 2.24) is 14.5 Å². The van der Waals surface area contributed by atoms with Crippen LogP contribution >= 0.6 is 0 Å². The number of pyridine rings is 1. The Bertz CT molecular complexity index is 511. The average Bonchev–Trinajstić information content (AvgIpc) is 2.76. The Kier molecular flexibility index (Phi) is 3.15. The molecule has 2 aromatic heterocycles. The molecule has 17 heavy (non-hydrogen) atoms. The van der Waals surface area contributed by atoms with Crippen LogP contribution in [0.2, 0.25) is 0 Å². The van der Waals surface area contributed by atoms with E-state index in [9.17, 15) is 0 Å². The van der Waals surface area contributed by atoms with E-state index in [0.29, 0.717) is 6.54 Å². The van der Waals surface area contributed by atoms with Gasteiger partial charge in [0.1, 0.15) is 11.3 Å². The molecule has 0 radical (unpaired) electrons. The summed E-state index contributed by atoms with van der Waals surface area (Å²) < 4.78 is 2.17. The van der Waals surface area contributed by atoms with Crippen LogP contribution in [0.4, 0.5) is 0 Å². The molecule has 0 fully saturated rings. The summed E-state index contributed by atoms with van der Waals surface area (Å²) in [4.78, 5) is 9.13. The van der Waals surface area contributed by atoms with Crippen LogP contribution in [0, 0.1) is 0 Å². The first-order valence-corrected chi connectivity index (χ1v) is 6.18. The molecule has 4 heteroatoms. The zero-order chi connectivity index (χ0) is 12.5. The highest BCUT2D eigenvalue weighted by atomic mass is 15.1. The second-order valence-corrected chi connectivity index (χ2v) is 4.64. The summed E-state index contributed by atoms with van der Waals surface area (Å²) in [6, 6.07) is 3.93. The van der Waals surface area contributed by atoms with E-state index >= 15 is 0 Å². The summed E-state index contributed by atoms with van der Waals surface area (Å²) in [5.41, 5.74) is 7.76. The minimum Gasteiger partial charge on any atom is -0.329 e. The minimum atomic E-state index is -0.0727. The standard InChI is InChI=1S/C13H20N4/c1-4-13(3,9-14)12-16-10-7-6-8-15-11(10)17(12)5-2/h6-8H,4-5,9,14H2,1-3H3. The van der Waals surface area contributed by atoms with Crippen molar-refractivity contribution in [2.24, 2.45) is 5.73 Å². The zero-order valence-corrected chi connectivity index (χ0v) is 10.8. The second-order valence-electron chi connectivity index (χ2n) is 4.64. The van der Waals surface area contributed by atoms with Crippen molar-refractivity contribution < 1.29 is 0 Å². The quantitative estimate of drug-likeness (QED) is 0.878. The van der Waals surface area contributed by atoms with Crippen LogP contribution in [-0.4, -0.2) is 21.1 Å². The molecule has 2 rings (SSSR count). The van der Waals surface area contributed by atoms with Gasteiger partial charge in [-0.1, -0.05) is 13.8 Å². The van der Waals surface area contributed by atoms with Gasteiger partial charge in [0.25, 0.3) is 0 Å². The molecule has 1 unspecified atom stereocenters. The Balaban J connectivity index is 2.68. The molecular weight excluding hydrogens is 212 g/mol. The van der Waals surface area contributed by atoms with Crippen LogP contribution < -0.4 is 5.73 Å². The predicted molar refractivity (Wildman–Crippen MR) is 69.9 cm³/mol. The first kappa shape index (κ1) is 12.0. The third-order valence-corrected chi connectivity index (χ3v) is 3.59. The first-order chi connectivity index (χ1) is 8.16. The van der Waals surface area contributed by atoms with Crippen molar-refractivity contribution in [3.8, 4) is 0 Å². The normalized spacial score (nSPS) is 15.1. The lowest BCUT2D eigenvalue weighted by molar-refractivity contribution is 0.419. The number of nitrogens with zero attached hydrogens (tertiary/aromatic N) is 3. The second kappa shape index (κ2) is 4.45. The molecule has 0 aliphatic carbocycles. The van der Waals surface area contributed by atoms with Crippen LogP contribution in [0.1, 0.15) is 33.0 Å². The van der Waals surface area contributed by atoms with Crippen LogP contribution in [0.15, 0.2) is 18.3 Å². The van der Waals surface area contributed by atoms with Gasteiger partial charge in [-0.05, 0) is 25.5 Å². The lowest BCUT2D eigenvalue weighted by Crippen LogP contribution is -2.34. The molecule has 0 spiro atoms. The summed E-state index contributed by atoms with van der Waals surface area (Å²) in [6.07, 6.45) is 2.79. The van der Waals surface area contributed by atoms with Crippen molar-refractivity contribution in [1.29, 1.82) is 0 Å². The molecule has 1 atom stereocenters. The van der Waals surface area contributed by atoms with Gasteiger partial charge in [-0.15, -0.1) is 0 Å². The van der Waals surface area contributed by atoms with Gasteiger partial charge in [0.05, 0.1) is 0 Å². The van der Waals surface area contributed by atoms with Crippen molar-refractivity contribution in [2.45, 2.75) is 39.2 Å². The molecule has 0 amide bonds. The Labute approximate surface area is 102 Å². The van der Waals surface area contributed by atoms with E-state index in [0.717, 1.165) is 30.0 Å². The Morgan fingerprint density at radius 1 is 1.41 bits per heavy atom. The van der Waals surface area contributed by atoms with E-state index in [1.165, 1.54) is 0 Å². The van der Waals surface area contributed by atoms with Gasteiger partial charge in [-0.25, -0.2) is 9.97 Å². The molecule has 0 aromatic carbocycles. The largest absolute Gasteiger partial charge is 0.329 e. The fourth-order valence-electron chi connectivity index (χ4n) is 2.11. The maximum atomic E-state index is 5.92. The number of hydrogen-bond donors (Lipinski definition) is 1. The monoisotopic (exact) mass is 232 g/mol. The fraction of sp³-hybridized carbons (Fsp3) is 0.538. The van der Waals surface area contributed by atoms with Crippen molar-refractivity contribution in [2.75, 3.05) is 6.54 Å². The topological polar surface area (TPSA) is 56.7 Å². The number of imidazole rings is 1. The van der Waals surface area contributed by atoms with E-state index < -0.39 is 0 Å². The van der Waals surface area contributed by atoms with Gasteiger partial charge in [-0.3, -0.25) is 0 Å². The highest BCUT2D eigenvalue weighted by Crippen LogP contribution is 2.28. The smallest absolute Gasteiger partial charge is 0.159 e. The molecular formula is C13H20N4. The maximum Gasteiger partial charge on any atom is 0.159 e. The summed E-state index contributed by atoms with van der Waals surface area (Å²) in [6.45, 7) is 7.91. The lowest BCUT2D eigenvalue weighted by atomic mass is 9.86. The van der Waals surface area contributed by atoms with Crippen molar-refractivity contribution in [3.63, 3.8) is 0 Å². The minimum absolute atomic E-state index is 0.0727. The molecule has 4 nitrogen and oxygen atoms in total. The molecule has 0 aliphatic rings. The van der Waals surface area contributed by atoms with E-state index in [2.05, 4.69) is 30.3 Å². The van der Waals surface area contributed by atoms with Crippen molar-refractivity contribution >= 4 is 11.2 Å². The Hall–Kier alpha value is -1.42. The van der Waals surface area contributed by atoms with Gasteiger partial charge in [0, 0.05) is 24.7 Å². The summed E-state index contributed by atoms with van der Waals surface area (Å²) in [7, 11) is 0. The number of nitrogens with two attached hydrogens (primary N) is 1. The van der Waals surface area contributed by atoms with Gasteiger partial charge >= 0.3 is 0 Å². The zero-order valence-electron chi connectivity index (χ0n) is 10.8. The van der Waals surface area contributed by atoms with E-state index in [-0.39, 0.29) is 5.41 Å². The predicted octanol–water partition coefficient (Wildman–Crippen LogP) is 2.08. The molecule has 2 aromatic rings. The number of aryl methyl sites for hydroxylation is 1. The van der Waals surface area contributed by atoms with E-state index in [1.807, 2.05) is 18.3 Å². The van der Waals surface area contributed by atoms with Gasteiger partial charge in [0.2, 0.25) is 0 Å². The van der Waals surface area contributed by atoms with Crippen LogP contribution in [-0.2, 0) is 12.0 Å². The lowest BCUT2D eigenvalue weighted by Gasteiger charge is -2.26. The van der Waals surface area contributed by atoms with Crippen molar-refractivity contribution in [3.05, 3.63) is 24.2 Å². The Morgan fingerprint density at radius 3 is 2.76 bits per heavy atom. The molecule has 0 saturated carbocycles. The van der Waals surface area contributed by atoms with Crippen LogP contribution in [0.25, 0.3) is 11.2 Å². The SMILES string of the molecule is CCn1c(C(C)(CC)CN)nc2cccnc21. The molecule has 0 aliphatic heterocycles. The Morgan fingerprint density at radius 2 is 2.18 bits per heavy atom. The highest BCUT2D eigenvalue weighted by molar-refractivity contribution is 5.71. The summed E-state index contributed by atoms with van der Waals surface area (Å²) in [5.74, 6) is 1.05. The number of rotatable bonds is 4. The first-order valence-electron chi connectivity index (χ1n) is 6.18. The number of fused-ring (bicyclic) bond motifs is 1. The summed E-state index contributed by atoms with van der Waals surface area (Å²) in [5, 5.41) is 0. The third-order valence-electron chi connectivity index (χ3n) is 3.59.